The smallest absolute Gasteiger partial charge is 0.291 e. The summed E-state index contributed by atoms with van der Waals surface area (Å²) in [6, 6.07) is 3.87. The van der Waals surface area contributed by atoms with Crippen LogP contribution in [0, 0.1) is 6.92 Å². The van der Waals surface area contributed by atoms with Gasteiger partial charge in [-0.05, 0) is 43.7 Å². The van der Waals surface area contributed by atoms with Gasteiger partial charge in [-0.2, -0.15) is 5.10 Å². The van der Waals surface area contributed by atoms with E-state index in [4.69, 9.17) is 0 Å². The molecule has 1 amide bonds. The number of hydrogen-bond acceptors (Lipinski definition) is 4. The molecule has 3 aromatic rings. The predicted octanol–water partition coefficient (Wildman–Crippen LogP) is 2.03. The van der Waals surface area contributed by atoms with Crippen LogP contribution in [0.25, 0.3) is 15.7 Å². The highest BCUT2D eigenvalue weighted by Crippen LogP contribution is 2.24. The summed E-state index contributed by atoms with van der Waals surface area (Å²) in [4.78, 5) is 28.0. The summed E-state index contributed by atoms with van der Waals surface area (Å²) in [5, 5.41) is 7.40. The number of carbonyl (C=O) groups is 1. The zero-order valence-corrected chi connectivity index (χ0v) is 13.8. The number of hydrogen-bond donors (Lipinski definition) is 0. The van der Waals surface area contributed by atoms with Crippen molar-refractivity contribution < 1.29 is 4.79 Å². The SMILES string of the molecule is Cc1nn(CC(=O)N2CCCCC2)c(=O)c2cc3ccsc3n12. The Kier molecular flexibility index (Phi) is 3.45. The molecule has 0 aliphatic carbocycles. The van der Waals surface area contributed by atoms with Crippen molar-refractivity contribution in [3.8, 4) is 0 Å². The van der Waals surface area contributed by atoms with Gasteiger partial charge in [0.1, 0.15) is 22.7 Å². The van der Waals surface area contributed by atoms with Crippen LogP contribution in [0.3, 0.4) is 0 Å². The minimum absolute atomic E-state index is 0.0172. The maximum Gasteiger partial charge on any atom is 0.291 e. The van der Waals surface area contributed by atoms with E-state index in [0.29, 0.717) is 5.52 Å². The Hall–Kier alpha value is -2.15. The highest BCUT2D eigenvalue weighted by atomic mass is 32.1. The van der Waals surface area contributed by atoms with Crippen LogP contribution in [0.1, 0.15) is 25.1 Å². The number of likely N-dealkylation sites (tertiary alicyclic amines) is 1. The van der Waals surface area contributed by atoms with Crippen LogP contribution < -0.4 is 5.56 Å². The lowest BCUT2D eigenvalue weighted by Gasteiger charge is -2.26. The fraction of sp³-hybridized carbons (Fsp3) is 0.438. The van der Waals surface area contributed by atoms with Gasteiger partial charge in [-0.25, -0.2) is 4.68 Å². The number of piperidine rings is 1. The molecule has 1 fully saturated rings. The second-order valence-corrected chi connectivity index (χ2v) is 6.89. The molecule has 0 spiro atoms. The molecule has 0 saturated carbocycles. The van der Waals surface area contributed by atoms with Gasteiger partial charge in [0.2, 0.25) is 5.91 Å². The second-order valence-electron chi connectivity index (χ2n) is 6.00. The number of aromatic nitrogens is 3. The van der Waals surface area contributed by atoms with Gasteiger partial charge in [-0.15, -0.1) is 11.3 Å². The minimum atomic E-state index is -0.204. The molecule has 1 aliphatic rings. The molecule has 1 saturated heterocycles. The summed E-state index contributed by atoms with van der Waals surface area (Å²) >= 11 is 1.59. The molecule has 0 radical (unpaired) electrons. The zero-order valence-electron chi connectivity index (χ0n) is 13.0. The molecule has 6 nitrogen and oxygen atoms in total. The zero-order chi connectivity index (χ0) is 16.0. The summed E-state index contributed by atoms with van der Waals surface area (Å²) in [5.74, 6) is 0.708. The summed E-state index contributed by atoms with van der Waals surface area (Å²) in [7, 11) is 0. The van der Waals surface area contributed by atoms with Crippen LogP contribution >= 0.6 is 11.3 Å². The first-order chi connectivity index (χ1) is 11.1. The fourth-order valence-corrected chi connectivity index (χ4v) is 4.22. The number of aryl methyl sites for hydroxylation is 1. The third-order valence-corrected chi connectivity index (χ3v) is 5.36. The fourth-order valence-electron chi connectivity index (χ4n) is 3.28. The monoisotopic (exact) mass is 330 g/mol. The van der Waals surface area contributed by atoms with Gasteiger partial charge < -0.3 is 4.90 Å². The minimum Gasteiger partial charge on any atom is -0.341 e. The summed E-state index contributed by atoms with van der Waals surface area (Å²) in [6.07, 6.45) is 3.26. The molecule has 0 aromatic carbocycles. The van der Waals surface area contributed by atoms with E-state index in [1.165, 1.54) is 11.1 Å². The van der Waals surface area contributed by atoms with Crippen LogP contribution in [0.15, 0.2) is 22.3 Å². The largest absolute Gasteiger partial charge is 0.341 e. The van der Waals surface area contributed by atoms with E-state index in [1.54, 1.807) is 11.3 Å². The number of amides is 1. The third kappa shape index (κ3) is 2.35. The first-order valence-electron chi connectivity index (χ1n) is 7.89. The van der Waals surface area contributed by atoms with Gasteiger partial charge in [0.25, 0.3) is 5.56 Å². The highest BCUT2D eigenvalue weighted by Gasteiger charge is 2.19. The molecule has 23 heavy (non-hydrogen) atoms. The maximum absolute atomic E-state index is 12.7. The molecule has 1 aliphatic heterocycles. The highest BCUT2D eigenvalue weighted by molar-refractivity contribution is 7.16. The van der Waals surface area contributed by atoms with E-state index >= 15 is 0 Å². The molecule has 120 valence electrons. The molecule has 7 heteroatoms. The summed E-state index contributed by atoms with van der Waals surface area (Å²) in [5.41, 5.74) is 0.384. The van der Waals surface area contributed by atoms with Crippen LogP contribution in [-0.2, 0) is 11.3 Å². The number of rotatable bonds is 2. The standard InChI is InChI=1S/C16H18N4O2S/c1-11-17-19(10-14(21)18-6-3-2-4-7-18)15(22)13-9-12-5-8-23-16(12)20(11)13/h5,8-9H,2-4,6-7,10H2,1H3. The van der Waals surface area contributed by atoms with E-state index in [2.05, 4.69) is 5.10 Å². The average molecular weight is 330 g/mol. The molecule has 0 atom stereocenters. The third-order valence-electron chi connectivity index (χ3n) is 4.45. The number of nitrogens with zero attached hydrogens (tertiary/aromatic N) is 4. The molecule has 4 heterocycles. The van der Waals surface area contributed by atoms with Crippen molar-refractivity contribution in [2.45, 2.75) is 32.7 Å². The Labute approximate surface area is 136 Å². The Bertz CT molecular complexity index is 946. The van der Waals surface area contributed by atoms with Crippen LogP contribution in [0.2, 0.25) is 0 Å². The average Bonchev–Trinajstić information content (AvgIpc) is 3.14. The van der Waals surface area contributed by atoms with Crippen molar-refractivity contribution >= 4 is 33.0 Å². The van der Waals surface area contributed by atoms with E-state index in [-0.39, 0.29) is 18.0 Å². The number of carbonyl (C=O) groups excluding carboxylic acids is 1. The molecule has 0 bridgehead atoms. The lowest BCUT2D eigenvalue weighted by molar-refractivity contribution is -0.133. The molecule has 0 unspecified atom stereocenters. The first kappa shape index (κ1) is 14.4. The van der Waals surface area contributed by atoms with Gasteiger partial charge in [-0.3, -0.25) is 14.0 Å². The van der Waals surface area contributed by atoms with Crippen LogP contribution in [0.5, 0.6) is 0 Å². The van der Waals surface area contributed by atoms with Crippen molar-refractivity contribution in [3.63, 3.8) is 0 Å². The van der Waals surface area contributed by atoms with Gasteiger partial charge in [0, 0.05) is 18.5 Å². The molecular weight excluding hydrogens is 312 g/mol. The molecule has 0 N–H and O–H groups in total. The van der Waals surface area contributed by atoms with Gasteiger partial charge in [0.05, 0.1) is 0 Å². The lowest BCUT2D eigenvalue weighted by Crippen LogP contribution is -2.40. The van der Waals surface area contributed by atoms with Crippen molar-refractivity contribution in [2.75, 3.05) is 13.1 Å². The normalized spacial score (nSPS) is 15.6. The predicted molar refractivity (Wildman–Crippen MR) is 90.0 cm³/mol. The molecule has 4 rings (SSSR count). The molecule has 3 aromatic heterocycles. The topological polar surface area (TPSA) is 59.6 Å². The van der Waals surface area contributed by atoms with Crippen molar-refractivity contribution in [1.29, 1.82) is 0 Å². The van der Waals surface area contributed by atoms with Gasteiger partial charge in [0.15, 0.2) is 0 Å². The van der Waals surface area contributed by atoms with Crippen molar-refractivity contribution in [2.24, 2.45) is 0 Å². The van der Waals surface area contributed by atoms with E-state index in [0.717, 1.165) is 42.0 Å². The van der Waals surface area contributed by atoms with E-state index in [1.807, 2.05) is 33.7 Å². The van der Waals surface area contributed by atoms with E-state index in [9.17, 15) is 9.59 Å². The second kappa shape index (κ2) is 5.49. The Balaban J connectivity index is 1.74. The van der Waals surface area contributed by atoms with Crippen molar-refractivity contribution in [1.82, 2.24) is 19.1 Å². The van der Waals surface area contributed by atoms with E-state index < -0.39 is 0 Å². The van der Waals surface area contributed by atoms with Crippen LogP contribution in [0.4, 0.5) is 0 Å². The molecular formula is C16H18N4O2S. The Morgan fingerprint density at radius 2 is 2.09 bits per heavy atom. The Morgan fingerprint density at radius 3 is 2.87 bits per heavy atom. The quantitative estimate of drug-likeness (QED) is 0.722. The number of fused-ring (bicyclic) bond motifs is 3. The first-order valence-corrected chi connectivity index (χ1v) is 8.77. The lowest BCUT2D eigenvalue weighted by atomic mass is 10.1. The maximum atomic E-state index is 12.7. The van der Waals surface area contributed by atoms with Gasteiger partial charge in [-0.1, -0.05) is 0 Å². The van der Waals surface area contributed by atoms with Gasteiger partial charge >= 0.3 is 0 Å². The summed E-state index contributed by atoms with van der Waals surface area (Å²) in [6.45, 7) is 3.47. The Morgan fingerprint density at radius 1 is 1.30 bits per heavy atom. The number of thiophene rings is 1. The summed E-state index contributed by atoms with van der Waals surface area (Å²) < 4.78 is 3.19. The van der Waals surface area contributed by atoms with Crippen LogP contribution in [-0.4, -0.2) is 38.1 Å². The van der Waals surface area contributed by atoms with Crippen molar-refractivity contribution in [3.05, 3.63) is 33.7 Å².